The molecule has 0 saturated carbocycles. The second kappa shape index (κ2) is 4.77. The summed E-state index contributed by atoms with van der Waals surface area (Å²) in [6.07, 6.45) is 0. The standard InChI is InChI=1S/C15H12FN3O/c1-9-6-7-10(12(16)8-9)15-18-14(19-20-15)11-4-2-3-5-13(11)17/h2-8H,17H2,1H3. The Bertz CT molecular complexity index is 767. The molecule has 3 aromatic rings. The number of nitrogens with two attached hydrogens (primary N) is 1. The lowest BCUT2D eigenvalue weighted by Crippen LogP contribution is -1.90. The molecule has 0 aliphatic carbocycles. The van der Waals surface area contributed by atoms with Crippen LogP contribution in [-0.4, -0.2) is 10.1 Å². The fourth-order valence-corrected chi connectivity index (χ4v) is 1.94. The van der Waals surface area contributed by atoms with Crippen LogP contribution in [0.15, 0.2) is 47.0 Å². The number of anilines is 1. The fraction of sp³-hybridized carbons (Fsp3) is 0.0667. The number of rotatable bonds is 2. The van der Waals surface area contributed by atoms with Crippen molar-refractivity contribution in [1.82, 2.24) is 10.1 Å². The summed E-state index contributed by atoms with van der Waals surface area (Å²) < 4.78 is 19.0. The highest BCUT2D eigenvalue weighted by molar-refractivity contribution is 5.72. The summed E-state index contributed by atoms with van der Waals surface area (Å²) in [5.74, 6) is 0.0973. The number of hydrogen-bond donors (Lipinski definition) is 1. The summed E-state index contributed by atoms with van der Waals surface area (Å²) in [5, 5.41) is 3.85. The fourth-order valence-electron chi connectivity index (χ4n) is 1.94. The quantitative estimate of drug-likeness (QED) is 0.724. The number of aryl methyl sites for hydroxylation is 1. The predicted octanol–water partition coefficient (Wildman–Crippen LogP) is 3.43. The van der Waals surface area contributed by atoms with Gasteiger partial charge in [-0.15, -0.1) is 0 Å². The van der Waals surface area contributed by atoms with E-state index in [1.807, 2.05) is 19.1 Å². The summed E-state index contributed by atoms with van der Waals surface area (Å²) in [7, 11) is 0. The third-order valence-electron chi connectivity index (χ3n) is 2.98. The van der Waals surface area contributed by atoms with Gasteiger partial charge in [-0.1, -0.05) is 23.4 Å². The number of aromatic nitrogens is 2. The molecule has 5 heteroatoms. The van der Waals surface area contributed by atoms with Crippen molar-refractivity contribution in [2.24, 2.45) is 0 Å². The molecule has 0 fully saturated rings. The Morgan fingerprint density at radius 1 is 1.10 bits per heavy atom. The van der Waals surface area contributed by atoms with Crippen LogP contribution in [0.25, 0.3) is 22.8 Å². The number of benzene rings is 2. The van der Waals surface area contributed by atoms with Crippen molar-refractivity contribution in [2.75, 3.05) is 5.73 Å². The van der Waals surface area contributed by atoms with Crippen LogP contribution in [0.2, 0.25) is 0 Å². The van der Waals surface area contributed by atoms with E-state index in [9.17, 15) is 4.39 Å². The van der Waals surface area contributed by atoms with Crippen molar-refractivity contribution >= 4 is 5.69 Å². The zero-order chi connectivity index (χ0) is 14.1. The summed E-state index contributed by atoms with van der Waals surface area (Å²) >= 11 is 0. The molecule has 0 aliphatic heterocycles. The van der Waals surface area contributed by atoms with Gasteiger partial charge in [-0.2, -0.15) is 4.98 Å². The van der Waals surface area contributed by atoms with E-state index in [4.69, 9.17) is 10.3 Å². The Kier molecular flexibility index (Phi) is 2.95. The summed E-state index contributed by atoms with van der Waals surface area (Å²) in [4.78, 5) is 4.20. The third-order valence-corrected chi connectivity index (χ3v) is 2.98. The summed E-state index contributed by atoms with van der Waals surface area (Å²) in [6.45, 7) is 1.82. The molecule has 2 N–H and O–H groups in total. The molecular formula is C15H12FN3O. The lowest BCUT2D eigenvalue weighted by molar-refractivity contribution is 0.429. The molecule has 20 heavy (non-hydrogen) atoms. The van der Waals surface area contributed by atoms with E-state index < -0.39 is 0 Å². The lowest BCUT2D eigenvalue weighted by Gasteiger charge is -1.99. The average molecular weight is 269 g/mol. The minimum absolute atomic E-state index is 0.140. The van der Waals surface area contributed by atoms with Gasteiger partial charge in [0, 0.05) is 11.3 Å². The van der Waals surface area contributed by atoms with E-state index in [1.54, 1.807) is 24.3 Å². The molecule has 100 valence electrons. The maximum absolute atomic E-state index is 13.9. The average Bonchev–Trinajstić information content (AvgIpc) is 2.88. The molecule has 0 atom stereocenters. The third kappa shape index (κ3) is 2.14. The van der Waals surface area contributed by atoms with Crippen LogP contribution in [0.1, 0.15) is 5.56 Å². The minimum Gasteiger partial charge on any atom is -0.398 e. The van der Waals surface area contributed by atoms with E-state index in [2.05, 4.69) is 10.1 Å². The SMILES string of the molecule is Cc1ccc(-c2nc(-c3ccccc3N)no2)c(F)c1. The van der Waals surface area contributed by atoms with Gasteiger partial charge in [0.1, 0.15) is 5.82 Å². The molecule has 0 radical (unpaired) electrons. The van der Waals surface area contributed by atoms with E-state index in [1.165, 1.54) is 6.07 Å². The highest BCUT2D eigenvalue weighted by atomic mass is 19.1. The van der Waals surface area contributed by atoms with Crippen LogP contribution in [0, 0.1) is 12.7 Å². The van der Waals surface area contributed by atoms with Crippen molar-refractivity contribution in [2.45, 2.75) is 6.92 Å². The van der Waals surface area contributed by atoms with Gasteiger partial charge < -0.3 is 10.3 Å². The van der Waals surface area contributed by atoms with Crippen molar-refractivity contribution < 1.29 is 8.91 Å². The van der Waals surface area contributed by atoms with Gasteiger partial charge in [0.05, 0.1) is 5.56 Å². The number of nitrogens with zero attached hydrogens (tertiary/aromatic N) is 2. The molecule has 0 spiro atoms. The van der Waals surface area contributed by atoms with Crippen molar-refractivity contribution in [3.63, 3.8) is 0 Å². The molecule has 1 heterocycles. The number of halogens is 1. The Morgan fingerprint density at radius 2 is 1.90 bits per heavy atom. The molecule has 0 bridgehead atoms. The number of nitrogen functional groups attached to an aromatic ring is 1. The lowest BCUT2D eigenvalue weighted by atomic mass is 10.1. The molecule has 1 aromatic heterocycles. The molecule has 0 saturated heterocycles. The molecule has 4 nitrogen and oxygen atoms in total. The first-order valence-corrected chi connectivity index (χ1v) is 6.10. The first-order chi connectivity index (χ1) is 9.65. The van der Waals surface area contributed by atoms with Crippen molar-refractivity contribution in [3.8, 4) is 22.8 Å². The smallest absolute Gasteiger partial charge is 0.261 e. The molecule has 0 unspecified atom stereocenters. The van der Waals surface area contributed by atoms with Gasteiger partial charge in [-0.25, -0.2) is 4.39 Å². The highest BCUT2D eigenvalue weighted by Gasteiger charge is 2.15. The maximum Gasteiger partial charge on any atom is 0.261 e. The number of para-hydroxylation sites is 1. The van der Waals surface area contributed by atoms with Gasteiger partial charge >= 0.3 is 0 Å². The van der Waals surface area contributed by atoms with E-state index in [0.29, 0.717) is 17.1 Å². The van der Waals surface area contributed by atoms with E-state index in [0.717, 1.165) is 5.56 Å². The van der Waals surface area contributed by atoms with Crippen molar-refractivity contribution in [1.29, 1.82) is 0 Å². The Morgan fingerprint density at radius 3 is 2.65 bits per heavy atom. The normalized spacial score (nSPS) is 10.7. The molecule has 2 aromatic carbocycles. The molecular weight excluding hydrogens is 257 g/mol. The van der Waals surface area contributed by atoms with Crippen LogP contribution in [0.4, 0.5) is 10.1 Å². The largest absolute Gasteiger partial charge is 0.398 e. The van der Waals surface area contributed by atoms with Gasteiger partial charge in [0.2, 0.25) is 5.82 Å². The van der Waals surface area contributed by atoms with Gasteiger partial charge in [0.25, 0.3) is 5.89 Å². The second-order valence-electron chi connectivity index (χ2n) is 4.49. The van der Waals surface area contributed by atoms with Gasteiger partial charge in [-0.3, -0.25) is 0 Å². The second-order valence-corrected chi connectivity index (χ2v) is 4.49. The highest BCUT2D eigenvalue weighted by Crippen LogP contribution is 2.27. The van der Waals surface area contributed by atoms with Crippen LogP contribution in [0.3, 0.4) is 0 Å². The van der Waals surface area contributed by atoms with Crippen LogP contribution in [-0.2, 0) is 0 Å². The van der Waals surface area contributed by atoms with Crippen LogP contribution < -0.4 is 5.73 Å². The van der Waals surface area contributed by atoms with Crippen molar-refractivity contribution in [3.05, 3.63) is 53.8 Å². The van der Waals surface area contributed by atoms with Crippen LogP contribution >= 0.6 is 0 Å². The monoisotopic (exact) mass is 269 g/mol. The predicted molar refractivity (Wildman–Crippen MR) is 74.3 cm³/mol. The molecule has 0 amide bonds. The van der Waals surface area contributed by atoms with Crippen LogP contribution in [0.5, 0.6) is 0 Å². The maximum atomic E-state index is 13.9. The minimum atomic E-state index is -0.388. The summed E-state index contributed by atoms with van der Waals surface area (Å²) in [6, 6.07) is 12.0. The molecule has 0 aliphatic rings. The zero-order valence-electron chi connectivity index (χ0n) is 10.8. The first kappa shape index (κ1) is 12.3. The van der Waals surface area contributed by atoms with E-state index >= 15 is 0 Å². The topological polar surface area (TPSA) is 64.9 Å². The van der Waals surface area contributed by atoms with E-state index in [-0.39, 0.29) is 17.3 Å². The number of hydrogen-bond acceptors (Lipinski definition) is 4. The first-order valence-electron chi connectivity index (χ1n) is 6.10. The van der Waals surface area contributed by atoms with Gasteiger partial charge in [0.15, 0.2) is 0 Å². The Labute approximate surface area is 115 Å². The Hall–Kier alpha value is -2.69. The zero-order valence-corrected chi connectivity index (χ0v) is 10.8. The molecule has 3 rings (SSSR count). The Balaban J connectivity index is 2.04. The van der Waals surface area contributed by atoms with Gasteiger partial charge in [-0.05, 0) is 36.8 Å². The summed E-state index contributed by atoms with van der Waals surface area (Å²) in [5.41, 5.74) is 8.18.